The summed E-state index contributed by atoms with van der Waals surface area (Å²) < 4.78 is 6.37. The molecule has 0 aliphatic heterocycles. The highest BCUT2D eigenvalue weighted by molar-refractivity contribution is 7.18. The Labute approximate surface area is 125 Å². The Morgan fingerprint density at radius 1 is 1.38 bits per heavy atom. The number of anilines is 1. The summed E-state index contributed by atoms with van der Waals surface area (Å²) in [4.78, 5) is 20.5. The van der Waals surface area contributed by atoms with E-state index in [4.69, 9.17) is 10.5 Å². The van der Waals surface area contributed by atoms with Crippen LogP contribution in [-0.2, 0) is 11.3 Å². The normalized spacial score (nSPS) is 10.7. The number of pyridine rings is 1. The van der Waals surface area contributed by atoms with Crippen LogP contribution in [0, 0.1) is 6.92 Å². The largest absolute Gasteiger partial charge is 0.455 e. The molecule has 0 unspecified atom stereocenters. The Bertz CT molecular complexity index is 781. The van der Waals surface area contributed by atoms with Crippen LogP contribution >= 0.6 is 11.3 Å². The van der Waals surface area contributed by atoms with E-state index in [0.29, 0.717) is 16.9 Å². The number of benzene rings is 1. The van der Waals surface area contributed by atoms with Gasteiger partial charge in [-0.15, -0.1) is 11.3 Å². The minimum Gasteiger partial charge on any atom is -0.455 e. The average molecular weight is 299 g/mol. The molecule has 0 aliphatic carbocycles. The van der Waals surface area contributed by atoms with Crippen molar-refractivity contribution in [3.05, 3.63) is 52.8 Å². The number of nitrogens with two attached hydrogens (primary N) is 1. The summed E-state index contributed by atoms with van der Waals surface area (Å²) in [5.74, 6) is -0.438. The number of nitrogens with zero attached hydrogens (tertiary/aromatic N) is 2. The SMILES string of the molecule is Cc1ncc(N)cc1C(=O)OCc1nc2ccccc2s1. The third-order valence-electron chi connectivity index (χ3n) is 2.99. The number of nitrogen functional groups attached to an aromatic ring is 1. The minimum atomic E-state index is -0.438. The maximum atomic E-state index is 12.1. The van der Waals surface area contributed by atoms with E-state index in [1.165, 1.54) is 17.5 Å². The van der Waals surface area contributed by atoms with Gasteiger partial charge < -0.3 is 10.5 Å². The van der Waals surface area contributed by atoms with Gasteiger partial charge in [0, 0.05) is 0 Å². The van der Waals surface area contributed by atoms with Gasteiger partial charge in [0.2, 0.25) is 0 Å². The average Bonchev–Trinajstić information content (AvgIpc) is 2.90. The van der Waals surface area contributed by atoms with E-state index >= 15 is 0 Å². The number of thiazole rings is 1. The molecule has 0 radical (unpaired) electrons. The molecule has 0 atom stereocenters. The number of hydrogen-bond donors (Lipinski definition) is 1. The van der Waals surface area contributed by atoms with Gasteiger partial charge >= 0.3 is 5.97 Å². The Morgan fingerprint density at radius 3 is 3.00 bits per heavy atom. The maximum absolute atomic E-state index is 12.1. The van der Waals surface area contributed by atoms with Crippen LogP contribution in [0.2, 0.25) is 0 Å². The predicted octanol–water partition coefficient (Wildman–Crippen LogP) is 2.94. The lowest BCUT2D eigenvalue weighted by atomic mass is 10.2. The molecule has 1 aromatic carbocycles. The van der Waals surface area contributed by atoms with Crippen molar-refractivity contribution in [3.63, 3.8) is 0 Å². The van der Waals surface area contributed by atoms with Gasteiger partial charge in [-0.2, -0.15) is 0 Å². The molecule has 0 saturated heterocycles. The summed E-state index contributed by atoms with van der Waals surface area (Å²) in [5.41, 5.74) is 7.97. The molecule has 6 heteroatoms. The first-order valence-corrected chi connectivity index (χ1v) is 7.19. The number of hydrogen-bond acceptors (Lipinski definition) is 6. The number of carbonyl (C=O) groups excluding carboxylic acids is 1. The second-order valence-corrected chi connectivity index (χ2v) is 5.67. The lowest BCUT2D eigenvalue weighted by Gasteiger charge is -2.05. The van der Waals surface area contributed by atoms with Gasteiger partial charge in [0.15, 0.2) is 0 Å². The quantitative estimate of drug-likeness (QED) is 0.752. The standard InChI is InChI=1S/C15H13N3O2S/c1-9-11(6-10(16)7-17-9)15(19)20-8-14-18-12-4-2-3-5-13(12)21-14/h2-7H,8,16H2,1H3. The molecule has 2 N–H and O–H groups in total. The van der Waals surface area contributed by atoms with Crippen molar-refractivity contribution in [3.8, 4) is 0 Å². The fourth-order valence-corrected chi connectivity index (χ4v) is 2.82. The molecule has 2 aromatic heterocycles. The Morgan fingerprint density at radius 2 is 2.19 bits per heavy atom. The minimum absolute atomic E-state index is 0.145. The van der Waals surface area contributed by atoms with Crippen LogP contribution in [0.25, 0.3) is 10.2 Å². The highest BCUT2D eigenvalue weighted by Crippen LogP contribution is 2.22. The van der Waals surface area contributed by atoms with Crippen LogP contribution in [0.3, 0.4) is 0 Å². The van der Waals surface area contributed by atoms with Crippen molar-refractivity contribution in [2.45, 2.75) is 13.5 Å². The van der Waals surface area contributed by atoms with Crippen LogP contribution in [0.5, 0.6) is 0 Å². The number of fused-ring (bicyclic) bond motifs is 1. The number of ether oxygens (including phenoxy) is 1. The summed E-state index contributed by atoms with van der Waals surface area (Å²) >= 11 is 1.51. The van der Waals surface area contributed by atoms with Gasteiger partial charge in [-0.05, 0) is 25.1 Å². The molecule has 21 heavy (non-hydrogen) atoms. The zero-order valence-corrected chi connectivity index (χ0v) is 12.2. The summed E-state index contributed by atoms with van der Waals surface area (Å²) in [6, 6.07) is 9.38. The molecule has 0 aliphatic rings. The third kappa shape index (κ3) is 2.85. The first-order valence-electron chi connectivity index (χ1n) is 6.37. The molecule has 3 rings (SSSR count). The fraction of sp³-hybridized carbons (Fsp3) is 0.133. The van der Waals surface area contributed by atoms with Crippen molar-refractivity contribution in [2.24, 2.45) is 0 Å². The van der Waals surface area contributed by atoms with E-state index < -0.39 is 5.97 Å². The molecule has 106 valence electrons. The summed E-state index contributed by atoms with van der Waals surface area (Å²) in [5, 5.41) is 0.763. The molecular weight excluding hydrogens is 286 g/mol. The van der Waals surface area contributed by atoms with Crippen molar-refractivity contribution in [2.75, 3.05) is 5.73 Å². The van der Waals surface area contributed by atoms with Crippen molar-refractivity contribution in [1.82, 2.24) is 9.97 Å². The van der Waals surface area contributed by atoms with Gasteiger partial charge in [-0.3, -0.25) is 4.98 Å². The Balaban J connectivity index is 1.74. The molecule has 0 saturated carbocycles. The monoisotopic (exact) mass is 299 g/mol. The van der Waals surface area contributed by atoms with Gasteiger partial charge in [0.1, 0.15) is 11.6 Å². The smallest absolute Gasteiger partial charge is 0.340 e. The molecule has 0 fully saturated rings. The Kier molecular flexibility index (Phi) is 3.53. The van der Waals surface area contributed by atoms with E-state index in [9.17, 15) is 4.79 Å². The first-order chi connectivity index (χ1) is 10.1. The van der Waals surface area contributed by atoms with Crippen LogP contribution in [0.4, 0.5) is 5.69 Å². The van der Waals surface area contributed by atoms with E-state index in [-0.39, 0.29) is 6.61 Å². The first kappa shape index (κ1) is 13.5. The van der Waals surface area contributed by atoms with Gasteiger partial charge in [0.05, 0.1) is 33.4 Å². The maximum Gasteiger partial charge on any atom is 0.340 e. The van der Waals surface area contributed by atoms with E-state index in [0.717, 1.165) is 15.2 Å². The molecule has 0 bridgehead atoms. The van der Waals surface area contributed by atoms with Crippen LogP contribution in [0.15, 0.2) is 36.5 Å². The van der Waals surface area contributed by atoms with Gasteiger partial charge in [-0.1, -0.05) is 12.1 Å². The van der Waals surface area contributed by atoms with Crippen molar-refractivity contribution >= 4 is 33.2 Å². The molecule has 0 amide bonds. The van der Waals surface area contributed by atoms with Crippen LogP contribution < -0.4 is 5.73 Å². The van der Waals surface area contributed by atoms with E-state index in [2.05, 4.69) is 9.97 Å². The third-order valence-corrected chi connectivity index (χ3v) is 4.00. The van der Waals surface area contributed by atoms with E-state index in [1.54, 1.807) is 13.0 Å². The number of carbonyl (C=O) groups is 1. The second kappa shape index (κ2) is 5.49. The van der Waals surface area contributed by atoms with Gasteiger partial charge in [-0.25, -0.2) is 9.78 Å². The van der Waals surface area contributed by atoms with Crippen molar-refractivity contribution < 1.29 is 9.53 Å². The number of aryl methyl sites for hydroxylation is 1. The van der Waals surface area contributed by atoms with Crippen LogP contribution in [0.1, 0.15) is 21.1 Å². The molecule has 3 aromatic rings. The fourth-order valence-electron chi connectivity index (χ4n) is 1.94. The highest BCUT2D eigenvalue weighted by atomic mass is 32.1. The number of esters is 1. The molecule has 5 nitrogen and oxygen atoms in total. The number of rotatable bonds is 3. The van der Waals surface area contributed by atoms with Crippen LogP contribution in [-0.4, -0.2) is 15.9 Å². The van der Waals surface area contributed by atoms with E-state index in [1.807, 2.05) is 24.3 Å². The molecule has 0 spiro atoms. The summed E-state index contributed by atoms with van der Waals surface area (Å²) in [7, 11) is 0. The van der Waals surface area contributed by atoms with Gasteiger partial charge in [0.25, 0.3) is 0 Å². The van der Waals surface area contributed by atoms with Crippen molar-refractivity contribution in [1.29, 1.82) is 0 Å². The predicted molar refractivity (Wildman–Crippen MR) is 82.1 cm³/mol. The molecular formula is C15H13N3O2S. The molecule has 2 heterocycles. The summed E-state index contributed by atoms with van der Waals surface area (Å²) in [6.07, 6.45) is 1.51. The second-order valence-electron chi connectivity index (χ2n) is 4.55. The number of para-hydroxylation sites is 1. The zero-order valence-electron chi connectivity index (χ0n) is 11.4. The summed E-state index contributed by atoms with van der Waals surface area (Å²) in [6.45, 7) is 1.89. The Hall–Kier alpha value is -2.47. The topological polar surface area (TPSA) is 78.1 Å². The zero-order chi connectivity index (χ0) is 14.8. The lowest BCUT2D eigenvalue weighted by Crippen LogP contribution is -2.09. The number of aromatic nitrogens is 2. The highest BCUT2D eigenvalue weighted by Gasteiger charge is 2.13. The lowest BCUT2D eigenvalue weighted by molar-refractivity contribution is 0.0471.